The van der Waals surface area contributed by atoms with Crippen LogP contribution in [-0.2, 0) is 4.79 Å². The summed E-state index contributed by atoms with van der Waals surface area (Å²) in [5.74, 6) is -0.501. The Morgan fingerprint density at radius 2 is 1.80 bits per heavy atom. The SMILES string of the molecule is CC(Sc1cccc(NC(=O)c2ccc(Cl)cc2Cl)c1)C(=O)Nc1nc(-c2ccc(Br)cc2)cs1. The summed E-state index contributed by atoms with van der Waals surface area (Å²) in [5.41, 5.74) is 2.71. The number of nitrogens with one attached hydrogen (secondary N) is 2. The van der Waals surface area contributed by atoms with Gasteiger partial charge < -0.3 is 10.6 Å². The molecule has 35 heavy (non-hydrogen) atoms. The minimum absolute atomic E-state index is 0.158. The van der Waals surface area contributed by atoms with Crippen LogP contribution in [0.5, 0.6) is 0 Å². The second-order valence-electron chi connectivity index (χ2n) is 7.40. The van der Waals surface area contributed by atoms with Crippen LogP contribution in [0, 0.1) is 0 Å². The van der Waals surface area contributed by atoms with E-state index in [1.807, 2.05) is 54.8 Å². The highest BCUT2D eigenvalue weighted by atomic mass is 79.9. The third-order valence-electron chi connectivity index (χ3n) is 4.82. The van der Waals surface area contributed by atoms with Crippen molar-refractivity contribution in [2.75, 3.05) is 10.6 Å². The number of thiazole rings is 1. The van der Waals surface area contributed by atoms with Gasteiger partial charge in [-0.2, -0.15) is 0 Å². The van der Waals surface area contributed by atoms with Crippen molar-refractivity contribution in [3.8, 4) is 11.3 Å². The quantitative estimate of drug-likeness (QED) is 0.208. The zero-order valence-electron chi connectivity index (χ0n) is 18.2. The van der Waals surface area contributed by atoms with Crippen molar-refractivity contribution < 1.29 is 9.59 Å². The van der Waals surface area contributed by atoms with Gasteiger partial charge in [-0.25, -0.2) is 4.98 Å². The number of nitrogens with zero attached hydrogens (tertiary/aromatic N) is 1. The van der Waals surface area contributed by atoms with Crippen LogP contribution in [0.2, 0.25) is 10.0 Å². The van der Waals surface area contributed by atoms with E-state index in [0.29, 0.717) is 21.4 Å². The van der Waals surface area contributed by atoms with E-state index in [0.717, 1.165) is 20.6 Å². The van der Waals surface area contributed by atoms with E-state index >= 15 is 0 Å². The normalized spacial score (nSPS) is 11.7. The van der Waals surface area contributed by atoms with Gasteiger partial charge in [0.05, 0.1) is 21.5 Å². The zero-order chi connectivity index (χ0) is 24.9. The molecule has 0 spiro atoms. The molecule has 0 aliphatic rings. The summed E-state index contributed by atoms with van der Waals surface area (Å²) in [7, 11) is 0. The molecule has 0 saturated carbocycles. The van der Waals surface area contributed by atoms with E-state index in [1.54, 1.807) is 18.2 Å². The van der Waals surface area contributed by atoms with Gasteiger partial charge in [0.1, 0.15) is 0 Å². The van der Waals surface area contributed by atoms with Crippen molar-refractivity contribution >= 4 is 84.9 Å². The number of hydrogen-bond donors (Lipinski definition) is 2. The Morgan fingerprint density at radius 1 is 1.03 bits per heavy atom. The topological polar surface area (TPSA) is 71.1 Å². The molecule has 0 aliphatic heterocycles. The molecule has 5 nitrogen and oxygen atoms in total. The van der Waals surface area contributed by atoms with Crippen LogP contribution < -0.4 is 10.6 Å². The van der Waals surface area contributed by atoms with Crippen molar-refractivity contribution in [3.63, 3.8) is 0 Å². The zero-order valence-corrected chi connectivity index (χ0v) is 23.0. The number of amides is 2. The fourth-order valence-corrected chi connectivity index (χ4v) is 5.48. The van der Waals surface area contributed by atoms with Crippen LogP contribution in [0.4, 0.5) is 10.8 Å². The molecule has 4 rings (SSSR count). The van der Waals surface area contributed by atoms with Crippen molar-refractivity contribution in [2.24, 2.45) is 0 Å². The summed E-state index contributed by atoms with van der Waals surface area (Å²) in [4.78, 5) is 30.7. The molecular weight excluding hydrogens is 589 g/mol. The van der Waals surface area contributed by atoms with Crippen LogP contribution in [0.15, 0.2) is 81.5 Å². The summed E-state index contributed by atoms with van der Waals surface area (Å²) >= 11 is 18.2. The van der Waals surface area contributed by atoms with Gasteiger partial charge in [0.15, 0.2) is 5.13 Å². The maximum absolute atomic E-state index is 12.8. The van der Waals surface area contributed by atoms with E-state index in [4.69, 9.17) is 23.2 Å². The lowest BCUT2D eigenvalue weighted by Gasteiger charge is -2.12. The molecular formula is C25H18BrCl2N3O2S2. The summed E-state index contributed by atoms with van der Waals surface area (Å²) < 4.78 is 0.994. The maximum Gasteiger partial charge on any atom is 0.257 e. The Kier molecular flexibility index (Phi) is 8.51. The minimum Gasteiger partial charge on any atom is -0.322 e. The number of hydrogen-bond acceptors (Lipinski definition) is 5. The smallest absolute Gasteiger partial charge is 0.257 e. The highest BCUT2D eigenvalue weighted by molar-refractivity contribution is 9.10. The minimum atomic E-state index is -0.383. The summed E-state index contributed by atoms with van der Waals surface area (Å²) in [5, 5.41) is 8.52. The lowest BCUT2D eigenvalue weighted by atomic mass is 10.2. The molecule has 0 saturated heterocycles. The molecule has 0 fully saturated rings. The lowest BCUT2D eigenvalue weighted by Crippen LogP contribution is -2.22. The Hall–Kier alpha value is -2.36. The van der Waals surface area contributed by atoms with Gasteiger partial charge in [0.25, 0.3) is 5.91 Å². The van der Waals surface area contributed by atoms with E-state index < -0.39 is 0 Å². The molecule has 2 amide bonds. The number of thioether (sulfide) groups is 1. The third kappa shape index (κ3) is 6.86. The van der Waals surface area contributed by atoms with E-state index in [1.165, 1.54) is 29.2 Å². The van der Waals surface area contributed by atoms with E-state index in [9.17, 15) is 9.59 Å². The molecule has 10 heteroatoms. The van der Waals surface area contributed by atoms with E-state index in [-0.39, 0.29) is 22.1 Å². The second kappa shape index (κ2) is 11.6. The van der Waals surface area contributed by atoms with Crippen LogP contribution in [0.1, 0.15) is 17.3 Å². The Morgan fingerprint density at radius 3 is 2.54 bits per heavy atom. The van der Waals surface area contributed by atoms with Crippen molar-refractivity contribution in [1.29, 1.82) is 0 Å². The molecule has 3 aromatic carbocycles. The molecule has 4 aromatic rings. The molecule has 0 aliphatic carbocycles. The van der Waals surface area contributed by atoms with Gasteiger partial charge in [0.2, 0.25) is 5.91 Å². The Labute approximate surface area is 229 Å². The summed E-state index contributed by atoms with van der Waals surface area (Å²) in [6, 6.07) is 19.8. The fraction of sp³-hybridized carbons (Fsp3) is 0.0800. The van der Waals surface area contributed by atoms with Gasteiger partial charge in [-0.3, -0.25) is 9.59 Å². The average molecular weight is 607 g/mol. The van der Waals surface area contributed by atoms with Gasteiger partial charge in [-0.15, -0.1) is 23.1 Å². The first-order valence-corrected chi connectivity index (χ1v) is 13.6. The largest absolute Gasteiger partial charge is 0.322 e. The predicted octanol–water partition coefficient (Wildman–Crippen LogP) is 8.25. The van der Waals surface area contributed by atoms with Gasteiger partial charge in [-0.05, 0) is 55.5 Å². The maximum atomic E-state index is 12.8. The Balaban J connectivity index is 1.37. The highest BCUT2D eigenvalue weighted by Gasteiger charge is 2.17. The van der Waals surface area contributed by atoms with Gasteiger partial charge in [-0.1, -0.05) is 57.3 Å². The molecule has 178 valence electrons. The predicted molar refractivity (Wildman–Crippen MR) is 150 cm³/mol. The van der Waals surface area contributed by atoms with Crippen LogP contribution in [-0.4, -0.2) is 22.0 Å². The van der Waals surface area contributed by atoms with E-state index in [2.05, 4.69) is 31.5 Å². The average Bonchev–Trinajstić information content (AvgIpc) is 3.28. The van der Waals surface area contributed by atoms with Crippen molar-refractivity contribution in [1.82, 2.24) is 4.98 Å². The van der Waals surface area contributed by atoms with Crippen LogP contribution in [0.3, 0.4) is 0 Å². The molecule has 2 N–H and O–H groups in total. The number of anilines is 2. The number of rotatable bonds is 7. The Bertz CT molecular complexity index is 1380. The monoisotopic (exact) mass is 605 g/mol. The third-order valence-corrected chi connectivity index (χ3v) is 7.75. The molecule has 1 atom stereocenters. The summed E-state index contributed by atoms with van der Waals surface area (Å²) in [6.45, 7) is 1.82. The first-order valence-electron chi connectivity index (χ1n) is 10.3. The molecule has 1 unspecified atom stereocenters. The fourth-order valence-electron chi connectivity index (χ4n) is 3.07. The van der Waals surface area contributed by atoms with Crippen molar-refractivity contribution in [3.05, 3.63) is 92.2 Å². The molecule has 0 bridgehead atoms. The van der Waals surface area contributed by atoms with Crippen LogP contribution >= 0.6 is 62.2 Å². The summed E-state index contributed by atoms with van der Waals surface area (Å²) in [6.07, 6.45) is 0. The number of carbonyl (C=O) groups excluding carboxylic acids is 2. The molecule has 1 heterocycles. The second-order valence-corrected chi connectivity index (χ2v) is 11.4. The first kappa shape index (κ1) is 25.7. The van der Waals surface area contributed by atoms with Gasteiger partial charge >= 0.3 is 0 Å². The van der Waals surface area contributed by atoms with Crippen LogP contribution in [0.25, 0.3) is 11.3 Å². The number of carbonyl (C=O) groups is 2. The first-order chi connectivity index (χ1) is 16.8. The van der Waals surface area contributed by atoms with Crippen molar-refractivity contribution in [2.45, 2.75) is 17.1 Å². The number of aromatic nitrogens is 1. The molecule has 0 radical (unpaired) electrons. The number of benzene rings is 3. The molecule has 1 aromatic heterocycles. The highest BCUT2D eigenvalue weighted by Crippen LogP contribution is 2.30. The number of halogens is 3. The standard InChI is InChI=1S/C25H18BrCl2N3O2S2/c1-14(23(32)31-25-30-22(13-34-25)15-5-7-16(26)8-6-15)35-19-4-2-3-18(12-19)29-24(33)20-10-9-17(27)11-21(20)28/h2-14H,1H3,(H,29,33)(H,30,31,32). The lowest BCUT2D eigenvalue weighted by molar-refractivity contribution is -0.115. The van der Waals surface area contributed by atoms with Gasteiger partial charge in [0, 0.05) is 31.0 Å².